The van der Waals surface area contributed by atoms with Crippen LogP contribution in [0, 0.1) is 0 Å². The first-order valence-electron chi connectivity index (χ1n) is 9.36. The number of thiophene rings is 1. The number of amides is 1. The van der Waals surface area contributed by atoms with Crippen LogP contribution in [0.4, 0.5) is 5.69 Å². The molecule has 1 N–H and O–H groups in total. The standard InChI is InChI=1S/C19H24N2O5S3/c1-2-3-15-4-6-16(7-5-15)29(25,26)20-17-8-11-27-18(17)14-19(22)21-9-12-28(23,24)13-10-21/h4-8,11,20H,2-3,9-10,12-14H2,1H3. The number of carbonyl (C=O) groups excluding carboxylic acids is 1. The topological polar surface area (TPSA) is 101 Å². The van der Waals surface area contributed by atoms with Crippen molar-refractivity contribution >= 4 is 42.8 Å². The van der Waals surface area contributed by atoms with E-state index in [1.165, 1.54) is 16.2 Å². The average molecular weight is 457 g/mol. The van der Waals surface area contributed by atoms with E-state index >= 15 is 0 Å². The molecule has 158 valence electrons. The third kappa shape index (κ3) is 5.58. The molecule has 1 amide bonds. The molecule has 0 saturated carbocycles. The second kappa shape index (κ2) is 8.85. The van der Waals surface area contributed by atoms with Crippen LogP contribution in [-0.2, 0) is 37.5 Å². The largest absolute Gasteiger partial charge is 0.340 e. The molecule has 1 aromatic carbocycles. The molecule has 29 heavy (non-hydrogen) atoms. The highest BCUT2D eigenvalue weighted by molar-refractivity contribution is 7.92. The van der Waals surface area contributed by atoms with Gasteiger partial charge in [-0.05, 0) is 35.6 Å². The molecule has 1 aliphatic rings. The number of nitrogens with one attached hydrogen (secondary N) is 1. The Kier molecular flexibility index (Phi) is 6.65. The first kappa shape index (κ1) is 21.8. The fourth-order valence-electron chi connectivity index (χ4n) is 3.11. The molecule has 0 spiro atoms. The van der Waals surface area contributed by atoms with E-state index in [1.54, 1.807) is 35.7 Å². The number of sulfone groups is 1. The van der Waals surface area contributed by atoms with Crippen molar-refractivity contribution in [2.75, 3.05) is 29.3 Å². The Balaban J connectivity index is 1.68. The van der Waals surface area contributed by atoms with Gasteiger partial charge in [-0.3, -0.25) is 9.52 Å². The van der Waals surface area contributed by atoms with E-state index in [4.69, 9.17) is 0 Å². The fraction of sp³-hybridized carbons (Fsp3) is 0.421. The number of carbonyl (C=O) groups is 1. The summed E-state index contributed by atoms with van der Waals surface area (Å²) in [6.45, 7) is 2.42. The Morgan fingerprint density at radius 3 is 2.41 bits per heavy atom. The van der Waals surface area contributed by atoms with Gasteiger partial charge in [0, 0.05) is 18.0 Å². The highest BCUT2D eigenvalue weighted by Crippen LogP contribution is 2.26. The molecule has 0 unspecified atom stereocenters. The van der Waals surface area contributed by atoms with E-state index in [-0.39, 0.29) is 41.8 Å². The molecule has 3 rings (SSSR count). The summed E-state index contributed by atoms with van der Waals surface area (Å²) in [5.41, 5.74) is 1.46. The summed E-state index contributed by atoms with van der Waals surface area (Å²) in [6.07, 6.45) is 1.91. The van der Waals surface area contributed by atoms with Crippen molar-refractivity contribution in [3.63, 3.8) is 0 Å². The van der Waals surface area contributed by atoms with Gasteiger partial charge in [0.1, 0.15) is 0 Å². The van der Waals surface area contributed by atoms with Crippen molar-refractivity contribution in [2.24, 2.45) is 0 Å². The molecule has 0 bridgehead atoms. The quantitative estimate of drug-likeness (QED) is 0.689. The molecule has 1 aromatic heterocycles. The van der Waals surface area contributed by atoms with E-state index in [1.807, 2.05) is 0 Å². The van der Waals surface area contributed by atoms with Gasteiger partial charge in [0.2, 0.25) is 5.91 Å². The zero-order chi connectivity index (χ0) is 21.1. The maximum absolute atomic E-state index is 12.7. The Hall–Kier alpha value is -1.91. The summed E-state index contributed by atoms with van der Waals surface area (Å²) in [5.74, 6) is -0.264. The number of aryl methyl sites for hydroxylation is 1. The SMILES string of the molecule is CCCc1ccc(S(=O)(=O)Nc2ccsc2CC(=O)N2CCS(=O)(=O)CC2)cc1. The van der Waals surface area contributed by atoms with Gasteiger partial charge in [0.05, 0.1) is 28.5 Å². The van der Waals surface area contributed by atoms with Crippen molar-refractivity contribution in [2.45, 2.75) is 31.1 Å². The van der Waals surface area contributed by atoms with E-state index in [9.17, 15) is 21.6 Å². The Bertz CT molecular complexity index is 1060. The van der Waals surface area contributed by atoms with E-state index in [0.717, 1.165) is 18.4 Å². The van der Waals surface area contributed by atoms with Crippen LogP contribution in [0.5, 0.6) is 0 Å². The van der Waals surface area contributed by atoms with Crippen molar-refractivity contribution in [3.05, 3.63) is 46.2 Å². The fourth-order valence-corrected chi connectivity index (χ4v) is 6.29. The number of sulfonamides is 1. The minimum Gasteiger partial charge on any atom is -0.340 e. The lowest BCUT2D eigenvalue weighted by atomic mass is 10.1. The van der Waals surface area contributed by atoms with Crippen LogP contribution in [0.25, 0.3) is 0 Å². The Morgan fingerprint density at radius 2 is 1.79 bits per heavy atom. The van der Waals surface area contributed by atoms with Crippen LogP contribution in [0.3, 0.4) is 0 Å². The van der Waals surface area contributed by atoms with Gasteiger partial charge < -0.3 is 4.90 Å². The van der Waals surface area contributed by atoms with Crippen LogP contribution in [0.15, 0.2) is 40.6 Å². The van der Waals surface area contributed by atoms with Crippen LogP contribution in [-0.4, -0.2) is 52.2 Å². The average Bonchev–Trinajstić information content (AvgIpc) is 3.08. The first-order chi connectivity index (χ1) is 13.7. The molecule has 0 aliphatic carbocycles. The lowest BCUT2D eigenvalue weighted by Gasteiger charge is -2.26. The molecule has 2 heterocycles. The van der Waals surface area contributed by atoms with E-state index < -0.39 is 19.9 Å². The predicted molar refractivity (Wildman–Crippen MR) is 115 cm³/mol. The van der Waals surface area contributed by atoms with Gasteiger partial charge in [-0.1, -0.05) is 25.5 Å². The second-order valence-electron chi connectivity index (χ2n) is 6.97. The maximum atomic E-state index is 12.7. The summed E-state index contributed by atoms with van der Waals surface area (Å²) >= 11 is 1.29. The summed E-state index contributed by atoms with van der Waals surface area (Å²) in [5, 5.41) is 1.73. The smallest absolute Gasteiger partial charge is 0.261 e. The summed E-state index contributed by atoms with van der Waals surface area (Å²) < 4.78 is 51.0. The normalized spacial score (nSPS) is 16.5. The number of hydrogen-bond donors (Lipinski definition) is 1. The van der Waals surface area contributed by atoms with Crippen molar-refractivity contribution < 1.29 is 21.6 Å². The number of nitrogens with zero attached hydrogens (tertiary/aromatic N) is 1. The summed E-state index contributed by atoms with van der Waals surface area (Å²) in [6, 6.07) is 8.41. The minimum absolute atomic E-state index is 0.0311. The van der Waals surface area contributed by atoms with Crippen LogP contribution in [0.2, 0.25) is 0 Å². The Labute approximate surface area is 175 Å². The molecule has 1 aliphatic heterocycles. The van der Waals surface area contributed by atoms with Gasteiger partial charge in [-0.25, -0.2) is 16.8 Å². The first-order valence-corrected chi connectivity index (χ1v) is 13.5. The molecule has 0 atom stereocenters. The minimum atomic E-state index is -3.76. The predicted octanol–water partition coefficient (Wildman–Crippen LogP) is 2.30. The molecule has 1 saturated heterocycles. The van der Waals surface area contributed by atoms with Crippen LogP contribution >= 0.6 is 11.3 Å². The molecule has 0 radical (unpaired) electrons. The molecule has 1 fully saturated rings. The number of rotatable bonds is 7. The third-order valence-corrected chi connectivity index (χ3v) is 8.68. The van der Waals surface area contributed by atoms with Crippen LogP contribution < -0.4 is 4.72 Å². The third-order valence-electron chi connectivity index (χ3n) is 4.77. The second-order valence-corrected chi connectivity index (χ2v) is 12.0. The van der Waals surface area contributed by atoms with Gasteiger partial charge in [0.25, 0.3) is 10.0 Å². The summed E-state index contributed by atoms with van der Waals surface area (Å²) in [4.78, 5) is 14.8. The number of hydrogen-bond acceptors (Lipinski definition) is 6. The molecular formula is C19H24N2O5S3. The van der Waals surface area contributed by atoms with Crippen molar-refractivity contribution in [1.82, 2.24) is 4.90 Å². The van der Waals surface area contributed by atoms with Gasteiger partial charge in [-0.15, -0.1) is 11.3 Å². The van der Waals surface area contributed by atoms with E-state index in [2.05, 4.69) is 11.6 Å². The lowest BCUT2D eigenvalue weighted by Crippen LogP contribution is -2.44. The number of benzene rings is 1. The van der Waals surface area contributed by atoms with E-state index in [0.29, 0.717) is 10.6 Å². The molecular weight excluding hydrogens is 432 g/mol. The monoisotopic (exact) mass is 456 g/mol. The van der Waals surface area contributed by atoms with Gasteiger partial charge in [0.15, 0.2) is 9.84 Å². The Morgan fingerprint density at radius 1 is 1.14 bits per heavy atom. The molecule has 7 nitrogen and oxygen atoms in total. The molecule has 10 heteroatoms. The zero-order valence-electron chi connectivity index (χ0n) is 16.1. The number of anilines is 1. The van der Waals surface area contributed by atoms with Crippen LogP contribution in [0.1, 0.15) is 23.8 Å². The maximum Gasteiger partial charge on any atom is 0.261 e. The highest BCUT2D eigenvalue weighted by atomic mass is 32.2. The zero-order valence-corrected chi connectivity index (χ0v) is 18.6. The van der Waals surface area contributed by atoms with Crippen molar-refractivity contribution in [1.29, 1.82) is 0 Å². The van der Waals surface area contributed by atoms with Crippen molar-refractivity contribution in [3.8, 4) is 0 Å². The molecule has 2 aromatic rings. The lowest BCUT2D eigenvalue weighted by molar-refractivity contribution is -0.130. The summed E-state index contributed by atoms with van der Waals surface area (Å²) in [7, 11) is -6.82. The van der Waals surface area contributed by atoms with Gasteiger partial charge in [-0.2, -0.15) is 0 Å². The highest BCUT2D eigenvalue weighted by Gasteiger charge is 2.26. The van der Waals surface area contributed by atoms with Gasteiger partial charge >= 0.3 is 0 Å².